The van der Waals surface area contributed by atoms with Crippen LogP contribution in [0.5, 0.6) is 0 Å². The number of sulfonamides is 1. The predicted octanol–water partition coefficient (Wildman–Crippen LogP) is -0.963. The number of hydrogen-bond donors (Lipinski definition) is 1. The fourth-order valence-corrected chi connectivity index (χ4v) is 3.21. The first-order valence-electron chi connectivity index (χ1n) is 4.14. The molecule has 2 atom stereocenters. The molecule has 1 saturated heterocycles. The lowest BCUT2D eigenvalue weighted by Crippen LogP contribution is -2.68. The number of hydrogen-bond acceptors (Lipinski definition) is 4. The van der Waals surface area contributed by atoms with E-state index in [1.807, 2.05) is 0 Å². The van der Waals surface area contributed by atoms with Gasteiger partial charge in [0.15, 0.2) is 4.75 Å². The number of amides is 1. The highest BCUT2D eigenvalue weighted by atomic mass is 32.2. The Bertz CT molecular complexity index is 373. The van der Waals surface area contributed by atoms with Gasteiger partial charge < -0.3 is 5.73 Å². The summed E-state index contributed by atoms with van der Waals surface area (Å²) >= 11 is 0. The molecule has 74 valence electrons. The van der Waals surface area contributed by atoms with Crippen LogP contribution >= 0.6 is 0 Å². The average molecular weight is 204 g/mol. The second kappa shape index (κ2) is 2.06. The van der Waals surface area contributed by atoms with Crippen LogP contribution < -0.4 is 5.73 Å². The van der Waals surface area contributed by atoms with Crippen LogP contribution in [0.4, 0.5) is 0 Å². The van der Waals surface area contributed by atoms with Gasteiger partial charge in [-0.25, -0.2) is 12.7 Å². The van der Waals surface area contributed by atoms with Gasteiger partial charge in [0.2, 0.25) is 0 Å². The molecule has 6 heteroatoms. The van der Waals surface area contributed by atoms with Crippen LogP contribution in [0.15, 0.2) is 0 Å². The summed E-state index contributed by atoms with van der Waals surface area (Å²) in [6, 6.07) is -0.430. The summed E-state index contributed by atoms with van der Waals surface area (Å²) in [7, 11) is -3.42. The Labute approximate surface area is 76.9 Å². The SMILES string of the molecule is CC1(C)C(=O)N(C2CC2N)S1(=O)=O. The van der Waals surface area contributed by atoms with Crippen LogP contribution in [-0.2, 0) is 14.8 Å². The van der Waals surface area contributed by atoms with Gasteiger partial charge in [0.05, 0.1) is 6.04 Å². The molecule has 0 spiro atoms. The zero-order chi connectivity index (χ0) is 10.0. The third-order valence-electron chi connectivity index (χ3n) is 2.73. The fourth-order valence-electron chi connectivity index (χ4n) is 1.49. The van der Waals surface area contributed by atoms with Crippen molar-refractivity contribution < 1.29 is 13.2 Å². The second-order valence-electron chi connectivity index (χ2n) is 4.08. The topological polar surface area (TPSA) is 80.5 Å². The minimum absolute atomic E-state index is 0.158. The highest BCUT2D eigenvalue weighted by Crippen LogP contribution is 2.42. The fraction of sp³-hybridized carbons (Fsp3) is 0.857. The first kappa shape index (κ1) is 8.96. The normalized spacial score (nSPS) is 39.9. The van der Waals surface area contributed by atoms with Crippen molar-refractivity contribution in [3.8, 4) is 0 Å². The van der Waals surface area contributed by atoms with Gasteiger partial charge in [-0.15, -0.1) is 0 Å². The second-order valence-corrected chi connectivity index (χ2v) is 6.45. The monoisotopic (exact) mass is 204 g/mol. The molecule has 5 nitrogen and oxygen atoms in total. The van der Waals surface area contributed by atoms with E-state index in [2.05, 4.69) is 0 Å². The molecule has 0 aromatic rings. The van der Waals surface area contributed by atoms with Crippen LogP contribution in [0.1, 0.15) is 20.3 Å². The zero-order valence-electron chi connectivity index (χ0n) is 7.52. The number of carbonyl (C=O) groups is 1. The van der Waals surface area contributed by atoms with Crippen molar-refractivity contribution in [3.63, 3.8) is 0 Å². The number of nitrogens with zero attached hydrogens (tertiary/aromatic N) is 1. The lowest BCUT2D eigenvalue weighted by molar-refractivity contribution is -0.132. The van der Waals surface area contributed by atoms with Gasteiger partial charge in [0.25, 0.3) is 15.9 Å². The lowest BCUT2D eigenvalue weighted by Gasteiger charge is -2.43. The van der Waals surface area contributed by atoms with Gasteiger partial charge in [-0.2, -0.15) is 0 Å². The number of carbonyl (C=O) groups excluding carboxylic acids is 1. The summed E-state index contributed by atoms with van der Waals surface area (Å²) in [6.45, 7) is 2.85. The van der Waals surface area contributed by atoms with Crippen molar-refractivity contribution in [1.29, 1.82) is 0 Å². The van der Waals surface area contributed by atoms with Gasteiger partial charge >= 0.3 is 0 Å². The van der Waals surface area contributed by atoms with Crippen LogP contribution in [0.25, 0.3) is 0 Å². The lowest BCUT2D eigenvalue weighted by atomic mass is 10.2. The van der Waals surface area contributed by atoms with Crippen molar-refractivity contribution >= 4 is 15.9 Å². The molecule has 2 fully saturated rings. The van der Waals surface area contributed by atoms with Crippen molar-refractivity contribution in [2.45, 2.75) is 37.1 Å². The molecule has 2 rings (SSSR count). The van der Waals surface area contributed by atoms with Crippen LogP contribution in [0.2, 0.25) is 0 Å². The van der Waals surface area contributed by atoms with Crippen molar-refractivity contribution in [1.82, 2.24) is 4.31 Å². The zero-order valence-corrected chi connectivity index (χ0v) is 8.34. The first-order valence-corrected chi connectivity index (χ1v) is 5.58. The maximum Gasteiger partial charge on any atom is 0.259 e. The molecule has 0 aromatic heterocycles. The Kier molecular flexibility index (Phi) is 1.42. The molecular formula is C7H12N2O3S. The maximum absolute atomic E-state index is 11.6. The van der Waals surface area contributed by atoms with Gasteiger partial charge in [-0.1, -0.05) is 0 Å². The molecule has 0 radical (unpaired) electrons. The first-order chi connectivity index (χ1) is 5.80. The van der Waals surface area contributed by atoms with Crippen molar-refractivity contribution in [3.05, 3.63) is 0 Å². The Morgan fingerprint density at radius 2 is 2.00 bits per heavy atom. The van der Waals surface area contributed by atoms with E-state index in [4.69, 9.17) is 5.73 Å². The smallest absolute Gasteiger partial charge is 0.259 e. The van der Waals surface area contributed by atoms with E-state index in [1.54, 1.807) is 0 Å². The Balaban J connectivity index is 2.31. The third kappa shape index (κ3) is 0.847. The molecular weight excluding hydrogens is 192 g/mol. The summed E-state index contributed by atoms with van der Waals surface area (Å²) in [6.07, 6.45) is 0.598. The van der Waals surface area contributed by atoms with Gasteiger partial charge in [0.1, 0.15) is 0 Å². The molecule has 1 heterocycles. The van der Waals surface area contributed by atoms with E-state index in [0.29, 0.717) is 6.42 Å². The van der Waals surface area contributed by atoms with E-state index in [1.165, 1.54) is 13.8 Å². The standard InChI is InChI=1S/C7H12N2O3S/c1-7(2)6(10)9(13(7,11)12)5-3-4(5)8/h4-5H,3,8H2,1-2H3. The van der Waals surface area contributed by atoms with Gasteiger partial charge in [-0.05, 0) is 20.3 Å². The number of rotatable bonds is 1. The Morgan fingerprint density at radius 3 is 2.31 bits per heavy atom. The van der Waals surface area contributed by atoms with Crippen LogP contribution in [0, 0.1) is 0 Å². The Morgan fingerprint density at radius 1 is 1.54 bits per heavy atom. The molecule has 13 heavy (non-hydrogen) atoms. The van der Waals surface area contributed by atoms with E-state index in [0.717, 1.165) is 4.31 Å². The third-order valence-corrected chi connectivity index (χ3v) is 5.14. The molecule has 2 N–H and O–H groups in total. The van der Waals surface area contributed by atoms with Gasteiger partial charge in [-0.3, -0.25) is 4.79 Å². The molecule has 0 aromatic carbocycles. The van der Waals surface area contributed by atoms with Crippen LogP contribution in [0.3, 0.4) is 0 Å². The van der Waals surface area contributed by atoms with Crippen LogP contribution in [-0.4, -0.2) is 35.5 Å². The van der Waals surface area contributed by atoms with E-state index >= 15 is 0 Å². The molecule has 0 bridgehead atoms. The highest BCUT2D eigenvalue weighted by molar-refractivity contribution is 7.94. The average Bonchev–Trinajstić information content (AvgIpc) is 2.66. The quantitative estimate of drug-likeness (QED) is 0.596. The van der Waals surface area contributed by atoms with Crippen molar-refractivity contribution in [2.24, 2.45) is 5.73 Å². The summed E-state index contributed by atoms with van der Waals surface area (Å²) < 4.78 is 22.8. The van der Waals surface area contributed by atoms with E-state index < -0.39 is 14.8 Å². The van der Waals surface area contributed by atoms with E-state index in [9.17, 15) is 13.2 Å². The summed E-state index contributed by atoms with van der Waals surface area (Å²) in [4.78, 5) is 11.4. The number of nitrogens with two attached hydrogens (primary N) is 1. The predicted molar refractivity (Wildman–Crippen MR) is 46.2 cm³/mol. The summed E-state index contributed by atoms with van der Waals surface area (Å²) in [5.74, 6) is -0.328. The van der Waals surface area contributed by atoms with Crippen molar-refractivity contribution in [2.75, 3.05) is 0 Å². The maximum atomic E-state index is 11.6. The highest BCUT2D eigenvalue weighted by Gasteiger charge is 2.65. The van der Waals surface area contributed by atoms with Gasteiger partial charge in [0, 0.05) is 6.04 Å². The minimum atomic E-state index is -3.42. The summed E-state index contributed by atoms with van der Waals surface area (Å²) in [5, 5.41) is 0. The molecule has 1 aliphatic carbocycles. The molecule has 1 amide bonds. The summed E-state index contributed by atoms with van der Waals surface area (Å²) in [5.41, 5.74) is 5.49. The molecule has 1 aliphatic heterocycles. The largest absolute Gasteiger partial charge is 0.326 e. The molecule has 2 aliphatic rings. The minimum Gasteiger partial charge on any atom is -0.326 e. The molecule has 1 saturated carbocycles. The Hall–Kier alpha value is -0.620. The molecule has 2 unspecified atom stereocenters. The van der Waals surface area contributed by atoms with E-state index in [-0.39, 0.29) is 18.0 Å².